The van der Waals surface area contributed by atoms with Crippen molar-refractivity contribution in [2.24, 2.45) is 4.99 Å². The molecule has 1 aliphatic carbocycles. The molecule has 1 saturated carbocycles. The molecule has 0 radical (unpaired) electrons. The van der Waals surface area contributed by atoms with Crippen LogP contribution >= 0.6 is 0 Å². The summed E-state index contributed by atoms with van der Waals surface area (Å²) in [6, 6.07) is 9.68. The summed E-state index contributed by atoms with van der Waals surface area (Å²) in [4.78, 5) is 37.5. The average Bonchev–Trinajstić information content (AvgIpc) is 3.44. The maximum Gasteiger partial charge on any atom is 0.254 e. The van der Waals surface area contributed by atoms with E-state index in [9.17, 15) is 14.7 Å². The number of fused-ring (bicyclic) bond motifs is 1. The fourth-order valence-corrected chi connectivity index (χ4v) is 4.10. The number of rotatable bonds is 3. The van der Waals surface area contributed by atoms with Crippen LogP contribution in [0.2, 0.25) is 0 Å². The van der Waals surface area contributed by atoms with Gasteiger partial charge in [-0.1, -0.05) is 12.1 Å². The predicted octanol–water partition coefficient (Wildman–Crippen LogP) is 1.88. The lowest BCUT2D eigenvalue weighted by Crippen LogP contribution is -2.53. The molecule has 0 atom stereocenters. The number of benzene rings is 1. The molecule has 3 aliphatic rings. The molecule has 2 fully saturated rings. The van der Waals surface area contributed by atoms with Gasteiger partial charge in [-0.05, 0) is 43.5 Å². The van der Waals surface area contributed by atoms with Crippen molar-refractivity contribution in [2.75, 3.05) is 26.2 Å². The van der Waals surface area contributed by atoms with E-state index in [1.165, 1.54) is 0 Å². The molecule has 1 N–H and O–H groups in total. The summed E-state index contributed by atoms with van der Waals surface area (Å²) in [5.41, 5.74) is 4.62. The maximum absolute atomic E-state index is 12.9. The number of piperazine rings is 1. The Balaban J connectivity index is 1.25. The van der Waals surface area contributed by atoms with Crippen LogP contribution in [0.15, 0.2) is 41.5 Å². The first-order chi connectivity index (χ1) is 14.4. The van der Waals surface area contributed by atoms with Gasteiger partial charge in [-0.15, -0.1) is 0 Å². The number of carbonyl (C=O) groups is 2. The number of carbonyl (C=O) groups excluding carboxylic acids is 2. The Kier molecular flexibility index (Phi) is 4.43. The first-order valence-electron chi connectivity index (χ1n) is 10.4. The fourth-order valence-electron chi connectivity index (χ4n) is 4.10. The van der Waals surface area contributed by atoms with Crippen molar-refractivity contribution in [1.29, 1.82) is 0 Å². The minimum atomic E-state index is -1.14. The van der Waals surface area contributed by atoms with Crippen molar-refractivity contribution in [3.05, 3.63) is 53.3 Å². The van der Waals surface area contributed by atoms with Gasteiger partial charge >= 0.3 is 0 Å². The highest BCUT2D eigenvalue weighted by Crippen LogP contribution is 2.37. The third-order valence-electron chi connectivity index (χ3n) is 6.27. The average molecular weight is 404 g/mol. The molecular weight excluding hydrogens is 380 g/mol. The Bertz CT molecular complexity index is 1050. The number of hydrogen-bond acceptors (Lipinski definition) is 5. The molecule has 0 spiro atoms. The third kappa shape index (κ3) is 3.29. The van der Waals surface area contributed by atoms with Gasteiger partial charge in [0.2, 0.25) is 0 Å². The molecule has 2 aromatic rings. The van der Waals surface area contributed by atoms with Gasteiger partial charge in [-0.2, -0.15) is 0 Å². The minimum Gasteiger partial charge on any atom is -0.380 e. The Hall–Kier alpha value is -3.06. The molecule has 154 valence electrons. The fraction of sp³-hybridized carbons (Fsp3) is 0.391. The number of aliphatic imine (C=N–C) groups is 1. The van der Waals surface area contributed by atoms with Crippen LogP contribution in [0.25, 0.3) is 11.1 Å². The molecular formula is C23H24N4O3. The van der Waals surface area contributed by atoms with Crippen LogP contribution in [-0.2, 0) is 11.3 Å². The molecule has 1 saturated heterocycles. The van der Waals surface area contributed by atoms with E-state index >= 15 is 0 Å². The van der Waals surface area contributed by atoms with Gasteiger partial charge in [-0.25, -0.2) is 0 Å². The predicted molar refractivity (Wildman–Crippen MR) is 112 cm³/mol. The standard InChI is InChI=1S/C23H24N4O3/c1-15-19-12-18(13-25-20(19)14-24-15)16-2-4-17(5-3-16)21(28)26-8-10-27(11-9-26)22(29)23(30)6-7-23/h2-5,12-13,30H,6-11,14H2,1H3. The van der Waals surface area contributed by atoms with E-state index < -0.39 is 5.60 Å². The number of pyridine rings is 1. The highest BCUT2D eigenvalue weighted by atomic mass is 16.3. The number of hydrogen-bond donors (Lipinski definition) is 1. The highest BCUT2D eigenvalue weighted by molar-refractivity contribution is 6.02. The smallest absolute Gasteiger partial charge is 0.254 e. The summed E-state index contributed by atoms with van der Waals surface area (Å²) in [6.45, 7) is 4.54. The van der Waals surface area contributed by atoms with Crippen LogP contribution in [0.5, 0.6) is 0 Å². The van der Waals surface area contributed by atoms with E-state index in [1.54, 1.807) is 9.80 Å². The molecule has 1 aromatic heterocycles. The molecule has 0 unspecified atom stereocenters. The van der Waals surface area contributed by atoms with Gasteiger partial charge in [0, 0.05) is 54.8 Å². The van der Waals surface area contributed by atoms with Crippen LogP contribution in [0, 0.1) is 0 Å². The lowest BCUT2D eigenvalue weighted by molar-refractivity contribution is -0.143. The second kappa shape index (κ2) is 7.02. The molecule has 30 heavy (non-hydrogen) atoms. The van der Waals surface area contributed by atoms with Gasteiger partial charge in [0.05, 0.1) is 12.2 Å². The zero-order valence-electron chi connectivity index (χ0n) is 17.0. The van der Waals surface area contributed by atoms with Crippen molar-refractivity contribution >= 4 is 17.5 Å². The summed E-state index contributed by atoms with van der Waals surface area (Å²) >= 11 is 0. The van der Waals surface area contributed by atoms with E-state index in [2.05, 4.69) is 16.0 Å². The molecule has 0 bridgehead atoms. The highest BCUT2D eigenvalue weighted by Gasteiger charge is 2.50. The number of nitrogens with zero attached hydrogens (tertiary/aromatic N) is 4. The normalized spacial score (nSPS) is 19.3. The van der Waals surface area contributed by atoms with Gasteiger partial charge in [-0.3, -0.25) is 19.6 Å². The monoisotopic (exact) mass is 404 g/mol. The van der Waals surface area contributed by atoms with Crippen LogP contribution in [0.4, 0.5) is 0 Å². The Morgan fingerprint density at radius 2 is 1.67 bits per heavy atom. The van der Waals surface area contributed by atoms with Gasteiger partial charge in [0.1, 0.15) is 5.60 Å². The molecule has 7 heteroatoms. The Labute approximate surface area is 175 Å². The van der Waals surface area contributed by atoms with Crippen molar-refractivity contribution in [1.82, 2.24) is 14.8 Å². The van der Waals surface area contributed by atoms with Crippen LogP contribution < -0.4 is 0 Å². The summed E-state index contributed by atoms with van der Waals surface area (Å²) in [6.07, 6.45) is 2.95. The maximum atomic E-state index is 12.9. The SMILES string of the molecule is CC1=NCc2ncc(-c3ccc(C(=O)N4CCN(C(=O)C5(O)CC5)CC4)cc3)cc21. The third-order valence-corrected chi connectivity index (χ3v) is 6.27. The molecule has 2 aliphatic heterocycles. The van der Waals surface area contributed by atoms with E-state index in [1.807, 2.05) is 37.4 Å². The van der Waals surface area contributed by atoms with Gasteiger partial charge < -0.3 is 14.9 Å². The number of amides is 2. The lowest BCUT2D eigenvalue weighted by Gasteiger charge is -2.35. The Morgan fingerprint density at radius 1 is 1.00 bits per heavy atom. The summed E-state index contributed by atoms with van der Waals surface area (Å²) in [7, 11) is 0. The van der Waals surface area contributed by atoms with E-state index in [-0.39, 0.29) is 11.8 Å². The first-order valence-corrected chi connectivity index (χ1v) is 10.4. The Morgan fingerprint density at radius 3 is 2.33 bits per heavy atom. The molecule has 3 heterocycles. The molecule has 5 rings (SSSR count). The van der Waals surface area contributed by atoms with Crippen LogP contribution in [0.3, 0.4) is 0 Å². The van der Waals surface area contributed by atoms with Crippen molar-refractivity contribution < 1.29 is 14.7 Å². The quantitative estimate of drug-likeness (QED) is 0.846. The summed E-state index contributed by atoms with van der Waals surface area (Å²) in [5, 5.41) is 10.0. The topological polar surface area (TPSA) is 86.1 Å². The lowest BCUT2D eigenvalue weighted by atomic mass is 10.0. The van der Waals surface area contributed by atoms with E-state index in [4.69, 9.17) is 0 Å². The summed E-state index contributed by atoms with van der Waals surface area (Å²) in [5.74, 6) is -0.226. The van der Waals surface area contributed by atoms with Crippen molar-refractivity contribution in [3.63, 3.8) is 0 Å². The number of aromatic nitrogens is 1. The largest absolute Gasteiger partial charge is 0.380 e. The van der Waals surface area contributed by atoms with Gasteiger partial charge in [0.25, 0.3) is 11.8 Å². The first kappa shape index (κ1) is 18.9. The second-order valence-electron chi connectivity index (χ2n) is 8.31. The summed E-state index contributed by atoms with van der Waals surface area (Å²) < 4.78 is 0. The van der Waals surface area contributed by atoms with Crippen molar-refractivity contribution in [2.45, 2.75) is 31.9 Å². The van der Waals surface area contributed by atoms with E-state index in [0.717, 1.165) is 28.1 Å². The zero-order valence-corrected chi connectivity index (χ0v) is 17.0. The minimum absolute atomic E-state index is 0.0335. The van der Waals surface area contributed by atoms with Crippen LogP contribution in [0.1, 0.15) is 41.4 Å². The molecule has 1 aromatic carbocycles. The van der Waals surface area contributed by atoms with E-state index in [0.29, 0.717) is 51.1 Å². The van der Waals surface area contributed by atoms with Crippen molar-refractivity contribution in [3.8, 4) is 11.1 Å². The number of aliphatic hydroxyl groups is 1. The van der Waals surface area contributed by atoms with Gasteiger partial charge in [0.15, 0.2) is 0 Å². The van der Waals surface area contributed by atoms with Crippen LogP contribution in [-0.4, -0.2) is 69.2 Å². The zero-order chi connectivity index (χ0) is 20.9. The molecule has 7 nitrogen and oxygen atoms in total. The molecule has 2 amide bonds. The second-order valence-corrected chi connectivity index (χ2v) is 8.31.